The van der Waals surface area contributed by atoms with E-state index in [0.29, 0.717) is 25.0 Å². The molecular weight excluding hydrogens is 170 g/mol. The summed E-state index contributed by atoms with van der Waals surface area (Å²) in [5.41, 5.74) is 0.587. The lowest BCUT2D eigenvalue weighted by atomic mass is 9.98. The van der Waals surface area contributed by atoms with Crippen LogP contribution in [0.4, 0.5) is 0 Å². The summed E-state index contributed by atoms with van der Waals surface area (Å²) in [7, 11) is 0. The fraction of sp³-hybridized carbons (Fsp3) is 0.556. The molecule has 1 unspecified atom stereocenters. The lowest BCUT2D eigenvalue weighted by Gasteiger charge is -2.21. The Balaban J connectivity index is 2.88. The van der Waals surface area contributed by atoms with Gasteiger partial charge in [0.05, 0.1) is 12.7 Å². The van der Waals surface area contributed by atoms with Crippen LogP contribution in [0.25, 0.3) is 0 Å². The van der Waals surface area contributed by atoms with Gasteiger partial charge in [0, 0.05) is 0 Å². The van der Waals surface area contributed by atoms with Gasteiger partial charge in [-0.1, -0.05) is 0 Å². The average molecular weight is 181 g/mol. The molecule has 0 aromatic rings. The van der Waals surface area contributed by atoms with Crippen molar-refractivity contribution in [2.75, 3.05) is 6.61 Å². The minimum atomic E-state index is -1.13. The summed E-state index contributed by atoms with van der Waals surface area (Å²) in [4.78, 5) is 10.6. The molecule has 1 aliphatic rings. The van der Waals surface area contributed by atoms with Gasteiger partial charge in [-0.15, -0.1) is 0 Å². The standard InChI is InChI=1S/C9H11NO3/c1-6-4-7(2-3-13-6)8(5-10)9(11)12/h6H,2-4H2,1H3,(H,11,12). The van der Waals surface area contributed by atoms with Crippen molar-refractivity contribution in [1.82, 2.24) is 0 Å². The molecule has 4 nitrogen and oxygen atoms in total. The lowest BCUT2D eigenvalue weighted by Crippen LogP contribution is -2.19. The van der Waals surface area contributed by atoms with Gasteiger partial charge in [-0.25, -0.2) is 4.79 Å². The van der Waals surface area contributed by atoms with E-state index in [2.05, 4.69) is 0 Å². The third-order valence-corrected chi connectivity index (χ3v) is 2.02. The molecule has 0 spiro atoms. The molecule has 1 heterocycles. The molecule has 0 saturated carbocycles. The molecule has 1 fully saturated rings. The summed E-state index contributed by atoms with van der Waals surface area (Å²) >= 11 is 0. The van der Waals surface area contributed by atoms with Gasteiger partial charge in [0.1, 0.15) is 11.6 Å². The average Bonchev–Trinajstić information content (AvgIpc) is 2.04. The molecule has 1 N–H and O–H groups in total. The molecule has 0 amide bonds. The van der Waals surface area contributed by atoms with Crippen molar-refractivity contribution in [3.05, 3.63) is 11.1 Å². The number of nitrogens with zero attached hydrogens (tertiary/aromatic N) is 1. The predicted molar refractivity (Wildman–Crippen MR) is 44.9 cm³/mol. The first-order chi connectivity index (χ1) is 6.15. The van der Waals surface area contributed by atoms with E-state index in [1.807, 2.05) is 6.92 Å². The van der Waals surface area contributed by atoms with Crippen LogP contribution in [-0.2, 0) is 9.53 Å². The van der Waals surface area contributed by atoms with Crippen molar-refractivity contribution in [2.24, 2.45) is 0 Å². The van der Waals surface area contributed by atoms with Gasteiger partial charge in [0.2, 0.25) is 0 Å². The topological polar surface area (TPSA) is 70.3 Å². The lowest BCUT2D eigenvalue weighted by molar-refractivity contribution is -0.132. The van der Waals surface area contributed by atoms with E-state index in [4.69, 9.17) is 15.1 Å². The SMILES string of the molecule is CC1CC(=C(C#N)C(=O)O)CCO1. The summed E-state index contributed by atoms with van der Waals surface area (Å²) < 4.78 is 5.25. The van der Waals surface area contributed by atoms with Gasteiger partial charge >= 0.3 is 5.97 Å². The highest BCUT2D eigenvalue weighted by atomic mass is 16.5. The number of rotatable bonds is 1. The van der Waals surface area contributed by atoms with E-state index in [1.165, 1.54) is 0 Å². The molecule has 0 radical (unpaired) electrons. The van der Waals surface area contributed by atoms with Gasteiger partial charge in [-0.3, -0.25) is 0 Å². The van der Waals surface area contributed by atoms with Gasteiger partial charge < -0.3 is 9.84 Å². The number of carboxylic acids is 1. The Hall–Kier alpha value is -1.34. The number of aliphatic carboxylic acids is 1. The van der Waals surface area contributed by atoms with Crippen LogP contribution in [0.5, 0.6) is 0 Å². The second kappa shape index (κ2) is 4.06. The third kappa shape index (κ3) is 2.30. The molecule has 70 valence electrons. The van der Waals surface area contributed by atoms with E-state index < -0.39 is 5.97 Å². The molecule has 1 atom stereocenters. The summed E-state index contributed by atoms with van der Waals surface area (Å²) in [6.45, 7) is 2.38. The Morgan fingerprint density at radius 2 is 2.46 bits per heavy atom. The molecular formula is C9H11NO3. The number of carboxylic acid groups (broad SMARTS) is 1. The van der Waals surface area contributed by atoms with Crippen molar-refractivity contribution in [2.45, 2.75) is 25.9 Å². The van der Waals surface area contributed by atoms with Crippen LogP contribution in [0.1, 0.15) is 19.8 Å². The van der Waals surface area contributed by atoms with E-state index in [-0.39, 0.29) is 11.7 Å². The zero-order chi connectivity index (χ0) is 9.84. The largest absolute Gasteiger partial charge is 0.477 e. The van der Waals surface area contributed by atoms with Crippen molar-refractivity contribution < 1.29 is 14.6 Å². The van der Waals surface area contributed by atoms with Gasteiger partial charge in [-0.05, 0) is 25.3 Å². The van der Waals surface area contributed by atoms with Gasteiger partial charge in [0.15, 0.2) is 0 Å². The molecule has 1 aliphatic heterocycles. The normalized spacial score (nSPS) is 26.3. The van der Waals surface area contributed by atoms with E-state index >= 15 is 0 Å². The van der Waals surface area contributed by atoms with Crippen LogP contribution < -0.4 is 0 Å². The van der Waals surface area contributed by atoms with Crippen molar-refractivity contribution in [3.63, 3.8) is 0 Å². The van der Waals surface area contributed by atoms with Crippen LogP contribution in [-0.4, -0.2) is 23.8 Å². The first-order valence-corrected chi connectivity index (χ1v) is 4.12. The number of carbonyl (C=O) groups is 1. The first-order valence-electron chi connectivity index (χ1n) is 4.12. The minimum Gasteiger partial charge on any atom is -0.477 e. The monoisotopic (exact) mass is 181 g/mol. The molecule has 4 heteroatoms. The summed E-state index contributed by atoms with van der Waals surface area (Å²) in [6, 6.07) is 1.72. The zero-order valence-electron chi connectivity index (χ0n) is 7.41. The van der Waals surface area contributed by atoms with Crippen LogP contribution >= 0.6 is 0 Å². The Morgan fingerprint density at radius 3 is 2.92 bits per heavy atom. The quantitative estimate of drug-likeness (QED) is 0.485. The summed E-state index contributed by atoms with van der Waals surface area (Å²) in [5, 5.41) is 17.3. The molecule has 0 aromatic heterocycles. The Labute approximate surface area is 76.4 Å². The summed E-state index contributed by atoms with van der Waals surface area (Å²) in [5.74, 6) is -1.13. The van der Waals surface area contributed by atoms with Gasteiger partial charge in [0.25, 0.3) is 0 Å². The Bertz CT molecular complexity index is 288. The number of hydrogen-bond donors (Lipinski definition) is 1. The number of hydrogen-bond acceptors (Lipinski definition) is 3. The Morgan fingerprint density at radius 1 is 1.77 bits per heavy atom. The second-order valence-corrected chi connectivity index (χ2v) is 3.03. The smallest absolute Gasteiger partial charge is 0.346 e. The molecule has 1 saturated heterocycles. The molecule has 13 heavy (non-hydrogen) atoms. The van der Waals surface area contributed by atoms with Crippen LogP contribution in [0.15, 0.2) is 11.1 Å². The maximum Gasteiger partial charge on any atom is 0.346 e. The third-order valence-electron chi connectivity index (χ3n) is 2.02. The van der Waals surface area contributed by atoms with Crippen LogP contribution in [0, 0.1) is 11.3 Å². The number of ether oxygens (including phenoxy) is 1. The highest BCUT2D eigenvalue weighted by molar-refractivity contribution is 5.92. The molecule has 0 aromatic carbocycles. The van der Waals surface area contributed by atoms with Crippen molar-refractivity contribution in [3.8, 4) is 6.07 Å². The van der Waals surface area contributed by atoms with Crippen molar-refractivity contribution in [1.29, 1.82) is 5.26 Å². The van der Waals surface area contributed by atoms with Crippen LogP contribution in [0.3, 0.4) is 0 Å². The van der Waals surface area contributed by atoms with Crippen LogP contribution in [0.2, 0.25) is 0 Å². The fourth-order valence-electron chi connectivity index (χ4n) is 1.40. The molecule has 0 bridgehead atoms. The fourth-order valence-corrected chi connectivity index (χ4v) is 1.40. The maximum atomic E-state index is 10.6. The first kappa shape index (κ1) is 9.75. The summed E-state index contributed by atoms with van der Waals surface area (Å²) in [6.07, 6.45) is 1.13. The van der Waals surface area contributed by atoms with E-state index in [1.54, 1.807) is 6.07 Å². The second-order valence-electron chi connectivity index (χ2n) is 3.03. The van der Waals surface area contributed by atoms with Crippen molar-refractivity contribution >= 4 is 5.97 Å². The highest BCUT2D eigenvalue weighted by Gasteiger charge is 2.20. The number of nitriles is 1. The van der Waals surface area contributed by atoms with E-state index in [0.717, 1.165) is 0 Å². The minimum absolute atomic E-state index is 0.0199. The molecule has 0 aliphatic carbocycles. The predicted octanol–water partition coefficient (Wildman–Crippen LogP) is 1.09. The zero-order valence-corrected chi connectivity index (χ0v) is 7.41. The Kier molecular flexibility index (Phi) is 3.04. The molecule has 1 rings (SSSR count). The maximum absolute atomic E-state index is 10.6. The highest BCUT2D eigenvalue weighted by Crippen LogP contribution is 2.22. The van der Waals surface area contributed by atoms with Gasteiger partial charge in [-0.2, -0.15) is 5.26 Å². The van der Waals surface area contributed by atoms with E-state index in [9.17, 15) is 4.79 Å².